The van der Waals surface area contributed by atoms with E-state index in [4.69, 9.17) is 0 Å². The molecular weight excluding hydrogens is 446 g/mol. The van der Waals surface area contributed by atoms with E-state index in [9.17, 15) is 4.79 Å². The predicted molar refractivity (Wildman–Crippen MR) is 125 cm³/mol. The minimum absolute atomic E-state index is 0.0809. The van der Waals surface area contributed by atoms with Gasteiger partial charge in [0.1, 0.15) is 0 Å². The molecule has 0 saturated heterocycles. The second-order valence-electron chi connectivity index (χ2n) is 6.84. The lowest BCUT2D eigenvalue weighted by Crippen LogP contribution is -2.17. The Bertz CT molecular complexity index is 1010. The van der Waals surface area contributed by atoms with E-state index in [0.717, 1.165) is 32.9 Å². The Hall–Kier alpha value is -2.31. The van der Waals surface area contributed by atoms with Gasteiger partial charge >= 0.3 is 0 Å². The molecule has 0 aliphatic carbocycles. The highest BCUT2D eigenvalue weighted by Gasteiger charge is 2.09. The summed E-state index contributed by atoms with van der Waals surface area (Å²) in [5, 5.41) is 4.15. The van der Waals surface area contributed by atoms with Crippen LogP contribution in [0.15, 0.2) is 69.1 Å². The molecule has 0 unspecified atom stereocenters. The summed E-state index contributed by atoms with van der Waals surface area (Å²) in [7, 11) is 0. The minimum Gasteiger partial charge on any atom is -0.318 e. The zero-order valence-corrected chi connectivity index (χ0v) is 19.2. The summed E-state index contributed by atoms with van der Waals surface area (Å²) in [5.41, 5.74) is 8.15. The summed E-state index contributed by atoms with van der Waals surface area (Å²) >= 11 is 5.14. The molecule has 1 aromatic heterocycles. The number of hydrogen-bond acceptors (Lipinski definition) is 3. The molecule has 150 valence electrons. The second kappa shape index (κ2) is 9.94. The molecule has 1 amide bonds. The van der Waals surface area contributed by atoms with Crippen molar-refractivity contribution in [3.63, 3.8) is 0 Å². The molecule has 1 N–H and O–H groups in total. The maximum Gasteiger partial charge on any atom is 0.240 e. The number of aromatic nitrogens is 1. The highest BCUT2D eigenvalue weighted by atomic mass is 79.9. The number of amides is 1. The lowest BCUT2D eigenvalue weighted by atomic mass is 10.2. The topological polar surface area (TPSA) is 46.4 Å². The van der Waals surface area contributed by atoms with Crippen LogP contribution in [0.2, 0.25) is 0 Å². The molecule has 3 aromatic rings. The van der Waals surface area contributed by atoms with E-state index in [1.165, 1.54) is 10.5 Å². The summed E-state index contributed by atoms with van der Waals surface area (Å²) in [6.07, 6.45) is 2.14. The van der Waals surface area contributed by atoms with E-state index >= 15 is 0 Å². The number of halogens is 1. The van der Waals surface area contributed by atoms with Gasteiger partial charge in [0.25, 0.3) is 0 Å². The first-order valence-electron chi connectivity index (χ1n) is 9.40. The van der Waals surface area contributed by atoms with Crippen molar-refractivity contribution in [2.24, 2.45) is 5.10 Å². The molecule has 0 saturated carbocycles. The van der Waals surface area contributed by atoms with Gasteiger partial charge in [-0.25, -0.2) is 5.43 Å². The standard InChI is InChI=1S/C23H24BrN3OS/c1-16-4-10-22(11-5-16)29-13-12-23(28)26-25-15-19-14-17(2)27(18(19)3)21-8-6-20(24)7-9-21/h4-11,14-15H,12-13H2,1-3H3,(H,26,28)/b25-15-. The van der Waals surface area contributed by atoms with Crippen LogP contribution in [0.25, 0.3) is 5.69 Å². The number of rotatable bonds is 7. The predicted octanol–water partition coefficient (Wildman–Crippen LogP) is 5.80. The molecule has 0 bridgehead atoms. The SMILES string of the molecule is Cc1ccc(SCCC(=O)N/N=C\c2cc(C)n(-c3ccc(Br)cc3)c2C)cc1. The van der Waals surface area contributed by atoms with E-state index in [2.05, 4.69) is 94.3 Å². The number of hydrazone groups is 1. The van der Waals surface area contributed by atoms with Gasteiger partial charge in [-0.15, -0.1) is 11.8 Å². The summed E-state index contributed by atoms with van der Waals surface area (Å²) in [5.74, 6) is 0.644. The van der Waals surface area contributed by atoms with Crippen molar-refractivity contribution in [1.82, 2.24) is 9.99 Å². The molecule has 0 atom stereocenters. The quantitative estimate of drug-likeness (QED) is 0.270. The Morgan fingerprint density at radius 3 is 2.48 bits per heavy atom. The molecule has 6 heteroatoms. The molecule has 4 nitrogen and oxygen atoms in total. The van der Waals surface area contributed by atoms with Crippen molar-refractivity contribution in [3.8, 4) is 5.69 Å². The molecule has 0 radical (unpaired) electrons. The molecule has 29 heavy (non-hydrogen) atoms. The summed E-state index contributed by atoms with van der Waals surface area (Å²) in [4.78, 5) is 13.2. The van der Waals surface area contributed by atoms with Gasteiger partial charge in [0, 0.05) is 44.2 Å². The number of nitrogens with zero attached hydrogens (tertiary/aromatic N) is 2. The smallest absolute Gasteiger partial charge is 0.240 e. The Morgan fingerprint density at radius 1 is 1.10 bits per heavy atom. The molecule has 0 aliphatic rings. The molecule has 0 spiro atoms. The van der Waals surface area contributed by atoms with Gasteiger partial charge in [0.15, 0.2) is 0 Å². The average Bonchev–Trinajstić information content (AvgIpc) is 2.98. The van der Waals surface area contributed by atoms with Gasteiger partial charge < -0.3 is 4.57 Å². The average molecular weight is 470 g/mol. The van der Waals surface area contributed by atoms with Crippen LogP contribution < -0.4 is 5.43 Å². The number of carbonyl (C=O) groups is 1. The van der Waals surface area contributed by atoms with Crippen LogP contribution >= 0.6 is 27.7 Å². The summed E-state index contributed by atoms with van der Waals surface area (Å²) in [6, 6.07) is 18.6. The van der Waals surface area contributed by atoms with Crippen molar-refractivity contribution >= 4 is 39.8 Å². The monoisotopic (exact) mass is 469 g/mol. The van der Waals surface area contributed by atoms with Gasteiger partial charge in [-0.1, -0.05) is 33.6 Å². The number of carbonyl (C=O) groups excluding carboxylic acids is 1. The van der Waals surface area contributed by atoms with Crippen molar-refractivity contribution < 1.29 is 4.79 Å². The van der Waals surface area contributed by atoms with Crippen LogP contribution in [0.1, 0.15) is 28.9 Å². The zero-order valence-electron chi connectivity index (χ0n) is 16.8. The largest absolute Gasteiger partial charge is 0.318 e. The van der Waals surface area contributed by atoms with E-state index in [0.29, 0.717) is 6.42 Å². The third kappa shape index (κ3) is 5.84. The zero-order chi connectivity index (χ0) is 20.8. The highest BCUT2D eigenvalue weighted by molar-refractivity contribution is 9.10. The fourth-order valence-corrected chi connectivity index (χ4v) is 4.15. The molecular formula is C23H24BrN3OS. The second-order valence-corrected chi connectivity index (χ2v) is 8.93. The molecule has 0 fully saturated rings. The Labute approximate surface area is 184 Å². The van der Waals surface area contributed by atoms with Crippen LogP contribution in [0.3, 0.4) is 0 Å². The van der Waals surface area contributed by atoms with Crippen LogP contribution in [0, 0.1) is 20.8 Å². The van der Waals surface area contributed by atoms with Crippen molar-refractivity contribution in [2.75, 3.05) is 5.75 Å². The fourth-order valence-electron chi connectivity index (χ4n) is 3.03. The first-order chi connectivity index (χ1) is 13.9. The number of nitrogens with one attached hydrogen (secondary N) is 1. The molecule has 1 heterocycles. The van der Waals surface area contributed by atoms with Crippen molar-refractivity contribution in [3.05, 3.63) is 81.6 Å². The normalized spacial score (nSPS) is 11.2. The van der Waals surface area contributed by atoms with Crippen LogP contribution in [0.5, 0.6) is 0 Å². The van der Waals surface area contributed by atoms with Gasteiger partial charge in [0.05, 0.1) is 6.21 Å². The maximum atomic E-state index is 12.0. The summed E-state index contributed by atoms with van der Waals surface area (Å²) in [6.45, 7) is 6.18. The first kappa shape index (κ1) is 21.4. The van der Waals surface area contributed by atoms with E-state index in [-0.39, 0.29) is 5.91 Å². The minimum atomic E-state index is -0.0809. The van der Waals surface area contributed by atoms with E-state index in [1.807, 2.05) is 12.1 Å². The van der Waals surface area contributed by atoms with Gasteiger partial charge in [-0.3, -0.25) is 4.79 Å². The summed E-state index contributed by atoms with van der Waals surface area (Å²) < 4.78 is 3.22. The molecule has 0 aliphatic heterocycles. The van der Waals surface area contributed by atoms with Crippen molar-refractivity contribution in [1.29, 1.82) is 0 Å². The Kier molecular flexibility index (Phi) is 7.34. The van der Waals surface area contributed by atoms with Gasteiger partial charge in [-0.2, -0.15) is 5.10 Å². The van der Waals surface area contributed by atoms with E-state index in [1.54, 1.807) is 18.0 Å². The molecule has 2 aromatic carbocycles. The van der Waals surface area contributed by atoms with Crippen LogP contribution in [-0.4, -0.2) is 22.4 Å². The number of aryl methyl sites for hydroxylation is 2. The Balaban J connectivity index is 1.54. The number of thioether (sulfide) groups is 1. The van der Waals surface area contributed by atoms with Crippen LogP contribution in [0.4, 0.5) is 0 Å². The third-order valence-corrected chi connectivity index (χ3v) is 6.11. The number of hydrogen-bond donors (Lipinski definition) is 1. The lowest BCUT2D eigenvalue weighted by molar-refractivity contribution is -0.120. The fraction of sp³-hybridized carbons (Fsp3) is 0.217. The number of benzene rings is 2. The highest BCUT2D eigenvalue weighted by Crippen LogP contribution is 2.22. The van der Waals surface area contributed by atoms with Gasteiger partial charge in [-0.05, 0) is 63.2 Å². The first-order valence-corrected chi connectivity index (χ1v) is 11.2. The molecule has 3 rings (SSSR count). The van der Waals surface area contributed by atoms with E-state index < -0.39 is 0 Å². The van der Waals surface area contributed by atoms with Crippen LogP contribution in [-0.2, 0) is 4.79 Å². The van der Waals surface area contributed by atoms with Gasteiger partial charge in [0.2, 0.25) is 5.91 Å². The Morgan fingerprint density at radius 2 is 1.79 bits per heavy atom. The maximum absolute atomic E-state index is 12.0. The van der Waals surface area contributed by atoms with Crippen molar-refractivity contribution in [2.45, 2.75) is 32.1 Å². The third-order valence-electron chi connectivity index (χ3n) is 4.57. The lowest BCUT2D eigenvalue weighted by Gasteiger charge is -2.09.